The fraction of sp³-hybridized carbons (Fsp3) is 0.500. The highest BCUT2D eigenvalue weighted by atomic mass is 16.3. The summed E-state index contributed by atoms with van der Waals surface area (Å²) in [6.45, 7) is 6.96. The second-order valence-corrected chi connectivity index (χ2v) is 2.89. The van der Waals surface area contributed by atoms with Gasteiger partial charge < -0.3 is 4.42 Å². The highest BCUT2D eigenvalue weighted by molar-refractivity contribution is 5.72. The Balaban J connectivity index is 2.66. The molecule has 0 unspecified atom stereocenters. The standard InChI is InChI=1S/C10H15NO2/c1-3-11(4-2)7-9-5-6-13-10(9)8-12/h5-6,8H,3-4,7H2,1-2H3. The van der Waals surface area contributed by atoms with Crippen molar-refractivity contribution < 1.29 is 9.21 Å². The first-order valence-corrected chi connectivity index (χ1v) is 4.55. The van der Waals surface area contributed by atoms with Crippen LogP contribution >= 0.6 is 0 Å². The van der Waals surface area contributed by atoms with Gasteiger partial charge in [-0.15, -0.1) is 0 Å². The Hall–Kier alpha value is -1.09. The van der Waals surface area contributed by atoms with E-state index in [0.29, 0.717) is 5.76 Å². The molecule has 0 atom stereocenters. The number of hydrogen-bond acceptors (Lipinski definition) is 3. The average Bonchev–Trinajstić information content (AvgIpc) is 2.61. The number of hydrogen-bond donors (Lipinski definition) is 0. The van der Waals surface area contributed by atoms with Crippen LogP contribution < -0.4 is 0 Å². The van der Waals surface area contributed by atoms with Gasteiger partial charge in [0, 0.05) is 12.1 Å². The molecule has 0 amide bonds. The molecular formula is C10H15NO2. The SMILES string of the molecule is CCN(CC)Cc1ccoc1C=O. The predicted molar refractivity (Wildman–Crippen MR) is 50.7 cm³/mol. The number of nitrogens with zero attached hydrogens (tertiary/aromatic N) is 1. The molecule has 72 valence electrons. The van der Waals surface area contributed by atoms with Crippen molar-refractivity contribution in [3.63, 3.8) is 0 Å². The van der Waals surface area contributed by atoms with Gasteiger partial charge in [0.05, 0.1) is 6.26 Å². The molecule has 0 aliphatic heterocycles. The zero-order valence-electron chi connectivity index (χ0n) is 8.12. The minimum absolute atomic E-state index is 0.451. The molecule has 1 aromatic rings. The summed E-state index contributed by atoms with van der Waals surface area (Å²) >= 11 is 0. The Kier molecular flexibility index (Phi) is 3.71. The maximum absolute atomic E-state index is 10.5. The summed E-state index contributed by atoms with van der Waals surface area (Å²) in [4.78, 5) is 12.8. The van der Waals surface area contributed by atoms with Crippen LogP contribution in [0.3, 0.4) is 0 Å². The summed E-state index contributed by atoms with van der Waals surface area (Å²) in [5.74, 6) is 0.451. The molecule has 13 heavy (non-hydrogen) atoms. The van der Waals surface area contributed by atoms with Crippen molar-refractivity contribution >= 4 is 6.29 Å². The van der Waals surface area contributed by atoms with E-state index in [0.717, 1.165) is 31.5 Å². The van der Waals surface area contributed by atoms with Gasteiger partial charge in [-0.05, 0) is 19.2 Å². The quantitative estimate of drug-likeness (QED) is 0.651. The fourth-order valence-corrected chi connectivity index (χ4v) is 1.27. The van der Waals surface area contributed by atoms with Crippen molar-refractivity contribution in [1.29, 1.82) is 0 Å². The van der Waals surface area contributed by atoms with Gasteiger partial charge in [0.15, 0.2) is 12.0 Å². The van der Waals surface area contributed by atoms with Crippen LogP contribution in [0.15, 0.2) is 16.7 Å². The Morgan fingerprint density at radius 2 is 2.15 bits per heavy atom. The molecule has 1 heterocycles. The van der Waals surface area contributed by atoms with Gasteiger partial charge >= 0.3 is 0 Å². The molecule has 0 spiro atoms. The largest absolute Gasteiger partial charge is 0.461 e. The molecule has 0 aromatic carbocycles. The normalized spacial score (nSPS) is 10.7. The first-order valence-electron chi connectivity index (χ1n) is 4.55. The molecule has 0 bridgehead atoms. The smallest absolute Gasteiger partial charge is 0.185 e. The van der Waals surface area contributed by atoms with Crippen LogP contribution in [-0.2, 0) is 6.54 Å². The maximum Gasteiger partial charge on any atom is 0.185 e. The van der Waals surface area contributed by atoms with Crippen LogP contribution in [0.5, 0.6) is 0 Å². The van der Waals surface area contributed by atoms with Crippen LogP contribution in [0.1, 0.15) is 30.0 Å². The topological polar surface area (TPSA) is 33.5 Å². The lowest BCUT2D eigenvalue weighted by atomic mass is 10.2. The monoisotopic (exact) mass is 181 g/mol. The van der Waals surface area contributed by atoms with Crippen molar-refractivity contribution in [2.24, 2.45) is 0 Å². The van der Waals surface area contributed by atoms with Gasteiger partial charge in [0.25, 0.3) is 0 Å². The second-order valence-electron chi connectivity index (χ2n) is 2.89. The maximum atomic E-state index is 10.5. The molecule has 0 radical (unpaired) electrons. The molecule has 0 N–H and O–H groups in total. The molecule has 0 saturated carbocycles. The molecule has 0 aliphatic carbocycles. The van der Waals surface area contributed by atoms with Crippen molar-refractivity contribution in [3.05, 3.63) is 23.7 Å². The summed E-state index contributed by atoms with van der Waals surface area (Å²) in [6.07, 6.45) is 2.32. The number of carbonyl (C=O) groups is 1. The van der Waals surface area contributed by atoms with E-state index < -0.39 is 0 Å². The summed E-state index contributed by atoms with van der Waals surface area (Å²) in [5, 5.41) is 0. The van der Waals surface area contributed by atoms with Crippen LogP contribution in [0.25, 0.3) is 0 Å². The van der Waals surface area contributed by atoms with Crippen molar-refractivity contribution in [2.75, 3.05) is 13.1 Å². The first-order chi connectivity index (χ1) is 6.31. The van der Waals surface area contributed by atoms with Crippen LogP contribution in [0.2, 0.25) is 0 Å². The first kappa shape index (κ1) is 9.99. The third-order valence-electron chi connectivity index (χ3n) is 2.18. The lowest BCUT2D eigenvalue weighted by Crippen LogP contribution is -2.22. The van der Waals surface area contributed by atoms with Gasteiger partial charge in [-0.3, -0.25) is 9.69 Å². The number of rotatable bonds is 5. The van der Waals surface area contributed by atoms with E-state index in [-0.39, 0.29) is 0 Å². The Morgan fingerprint density at radius 1 is 1.46 bits per heavy atom. The summed E-state index contributed by atoms with van der Waals surface area (Å²) in [7, 11) is 0. The zero-order chi connectivity index (χ0) is 9.68. The summed E-state index contributed by atoms with van der Waals surface area (Å²) in [5.41, 5.74) is 0.971. The molecule has 0 aliphatic rings. The van der Waals surface area contributed by atoms with Crippen molar-refractivity contribution in [3.8, 4) is 0 Å². The van der Waals surface area contributed by atoms with E-state index in [2.05, 4.69) is 18.7 Å². The summed E-state index contributed by atoms with van der Waals surface area (Å²) < 4.78 is 5.01. The van der Waals surface area contributed by atoms with Crippen LogP contribution in [-0.4, -0.2) is 24.3 Å². The van der Waals surface area contributed by atoms with E-state index >= 15 is 0 Å². The Bertz CT molecular complexity index is 264. The van der Waals surface area contributed by atoms with Gasteiger partial charge in [-0.1, -0.05) is 13.8 Å². The predicted octanol–water partition coefficient (Wildman–Crippen LogP) is 1.93. The molecular weight excluding hydrogens is 166 g/mol. The summed E-state index contributed by atoms with van der Waals surface area (Å²) in [6, 6.07) is 1.85. The van der Waals surface area contributed by atoms with E-state index in [4.69, 9.17) is 4.42 Å². The third kappa shape index (κ3) is 2.42. The molecule has 0 fully saturated rings. The van der Waals surface area contributed by atoms with Crippen LogP contribution in [0, 0.1) is 0 Å². The highest BCUT2D eigenvalue weighted by Crippen LogP contribution is 2.10. The molecule has 1 aromatic heterocycles. The Labute approximate surface area is 78.3 Å². The van der Waals surface area contributed by atoms with Gasteiger partial charge in [-0.25, -0.2) is 0 Å². The minimum Gasteiger partial charge on any atom is -0.461 e. The van der Waals surface area contributed by atoms with E-state index in [1.54, 1.807) is 6.26 Å². The minimum atomic E-state index is 0.451. The second kappa shape index (κ2) is 4.82. The lowest BCUT2D eigenvalue weighted by Gasteiger charge is -2.16. The number of aldehydes is 1. The molecule has 0 saturated heterocycles. The van der Waals surface area contributed by atoms with Crippen molar-refractivity contribution in [1.82, 2.24) is 4.90 Å². The van der Waals surface area contributed by atoms with Crippen LogP contribution in [0.4, 0.5) is 0 Å². The third-order valence-corrected chi connectivity index (χ3v) is 2.18. The number of carbonyl (C=O) groups excluding carboxylic acids is 1. The lowest BCUT2D eigenvalue weighted by molar-refractivity contribution is 0.109. The van der Waals surface area contributed by atoms with E-state index in [1.807, 2.05) is 6.07 Å². The van der Waals surface area contributed by atoms with Gasteiger partial charge in [0.1, 0.15) is 0 Å². The van der Waals surface area contributed by atoms with E-state index in [9.17, 15) is 4.79 Å². The zero-order valence-corrected chi connectivity index (χ0v) is 8.12. The van der Waals surface area contributed by atoms with Gasteiger partial charge in [-0.2, -0.15) is 0 Å². The average molecular weight is 181 g/mol. The molecule has 3 heteroatoms. The number of furan rings is 1. The Morgan fingerprint density at radius 3 is 2.69 bits per heavy atom. The molecule has 1 rings (SSSR count). The van der Waals surface area contributed by atoms with Gasteiger partial charge in [0.2, 0.25) is 0 Å². The van der Waals surface area contributed by atoms with Crippen molar-refractivity contribution in [2.45, 2.75) is 20.4 Å². The highest BCUT2D eigenvalue weighted by Gasteiger charge is 2.07. The van der Waals surface area contributed by atoms with E-state index in [1.165, 1.54) is 0 Å². The fourth-order valence-electron chi connectivity index (χ4n) is 1.27. The molecule has 3 nitrogen and oxygen atoms in total.